The van der Waals surface area contributed by atoms with Gasteiger partial charge in [-0.3, -0.25) is 0 Å². The Morgan fingerprint density at radius 2 is 2.21 bits per heavy atom. The molecule has 2 nitrogen and oxygen atoms in total. The fourth-order valence-corrected chi connectivity index (χ4v) is 2.24. The summed E-state index contributed by atoms with van der Waals surface area (Å²) in [6.45, 7) is 4.18. The molecule has 2 unspecified atom stereocenters. The first-order chi connectivity index (χ1) is 6.74. The van der Waals surface area contributed by atoms with E-state index in [1.807, 2.05) is 13.0 Å². The number of rotatable bonds is 2. The summed E-state index contributed by atoms with van der Waals surface area (Å²) in [6, 6.07) is 8.76. The Kier molecular flexibility index (Phi) is 2.46. The Balaban J connectivity index is 2.34. The van der Waals surface area contributed by atoms with E-state index in [0.29, 0.717) is 6.04 Å². The number of anilines is 1. The highest BCUT2D eigenvalue weighted by Crippen LogP contribution is 2.33. The fourth-order valence-electron chi connectivity index (χ4n) is 2.24. The molecule has 2 heteroatoms. The average molecular weight is 191 g/mol. The predicted octanol–water partition coefficient (Wildman–Crippen LogP) is 2.17. The van der Waals surface area contributed by atoms with E-state index < -0.39 is 0 Å². The molecule has 2 atom stereocenters. The molecular formula is C12H17NO. The molecule has 0 saturated heterocycles. The number of nitrogens with zero attached hydrogens (tertiary/aromatic N) is 1. The molecule has 0 radical (unpaired) electrons. The zero-order valence-electron chi connectivity index (χ0n) is 8.77. The lowest BCUT2D eigenvalue weighted by molar-refractivity contribution is 0.158. The van der Waals surface area contributed by atoms with Crippen LogP contribution in [-0.2, 0) is 6.42 Å². The molecule has 0 saturated carbocycles. The van der Waals surface area contributed by atoms with Crippen LogP contribution in [0.5, 0.6) is 0 Å². The molecule has 1 aromatic rings. The van der Waals surface area contributed by atoms with E-state index in [2.05, 4.69) is 30.0 Å². The molecule has 1 aliphatic rings. The Hall–Kier alpha value is -1.02. The third kappa shape index (κ3) is 1.40. The summed E-state index contributed by atoms with van der Waals surface area (Å²) in [5.74, 6) is 0. The minimum absolute atomic E-state index is 0.339. The summed E-state index contributed by atoms with van der Waals surface area (Å²) in [5.41, 5.74) is 2.56. The first kappa shape index (κ1) is 9.53. The van der Waals surface area contributed by atoms with Crippen LogP contribution in [0.1, 0.15) is 25.8 Å². The number of aliphatic hydroxyl groups excluding tert-OH is 1. The normalized spacial score (nSPS) is 22.2. The van der Waals surface area contributed by atoms with Gasteiger partial charge in [0.15, 0.2) is 0 Å². The Bertz CT molecular complexity index is 320. The number of hydrogen-bond acceptors (Lipinski definition) is 2. The molecule has 0 fully saturated rings. The Morgan fingerprint density at radius 1 is 1.50 bits per heavy atom. The van der Waals surface area contributed by atoms with Crippen molar-refractivity contribution in [2.75, 3.05) is 4.90 Å². The zero-order valence-corrected chi connectivity index (χ0v) is 8.77. The summed E-state index contributed by atoms with van der Waals surface area (Å²) in [5, 5.41) is 9.90. The quantitative estimate of drug-likeness (QED) is 0.774. The van der Waals surface area contributed by atoms with E-state index in [1.54, 1.807) is 0 Å². The third-order valence-electron chi connectivity index (χ3n) is 2.95. The molecule has 0 amide bonds. The molecule has 0 spiro atoms. The average Bonchev–Trinajstić information content (AvgIpc) is 2.53. The second-order valence-electron chi connectivity index (χ2n) is 3.98. The lowest BCUT2D eigenvalue weighted by atomic mass is 10.1. The monoisotopic (exact) mass is 191 g/mol. The first-order valence-electron chi connectivity index (χ1n) is 5.28. The highest BCUT2D eigenvalue weighted by molar-refractivity contribution is 5.59. The van der Waals surface area contributed by atoms with Gasteiger partial charge in [-0.15, -0.1) is 0 Å². The lowest BCUT2D eigenvalue weighted by Crippen LogP contribution is -2.38. The predicted molar refractivity (Wildman–Crippen MR) is 58.4 cm³/mol. The maximum absolute atomic E-state index is 9.90. The maximum Gasteiger partial charge on any atom is 0.126 e. The van der Waals surface area contributed by atoms with Crippen LogP contribution in [0.15, 0.2) is 24.3 Å². The van der Waals surface area contributed by atoms with Gasteiger partial charge in [0.05, 0.1) is 0 Å². The van der Waals surface area contributed by atoms with Gasteiger partial charge in [0.1, 0.15) is 6.23 Å². The summed E-state index contributed by atoms with van der Waals surface area (Å²) < 4.78 is 0. The molecule has 1 heterocycles. The van der Waals surface area contributed by atoms with Crippen molar-refractivity contribution in [1.82, 2.24) is 0 Å². The third-order valence-corrected chi connectivity index (χ3v) is 2.95. The van der Waals surface area contributed by atoms with Crippen molar-refractivity contribution >= 4 is 5.69 Å². The minimum Gasteiger partial charge on any atom is -0.374 e. The molecule has 1 aromatic carbocycles. The van der Waals surface area contributed by atoms with Gasteiger partial charge >= 0.3 is 0 Å². The molecule has 14 heavy (non-hydrogen) atoms. The highest BCUT2D eigenvalue weighted by atomic mass is 16.3. The van der Waals surface area contributed by atoms with E-state index in [9.17, 15) is 5.11 Å². The van der Waals surface area contributed by atoms with Crippen molar-refractivity contribution in [3.8, 4) is 0 Å². The smallest absolute Gasteiger partial charge is 0.126 e. The topological polar surface area (TPSA) is 23.5 Å². The molecule has 0 bridgehead atoms. The van der Waals surface area contributed by atoms with Gasteiger partial charge in [0.25, 0.3) is 0 Å². The molecule has 1 N–H and O–H groups in total. The van der Waals surface area contributed by atoms with Crippen molar-refractivity contribution in [1.29, 1.82) is 0 Å². The SMILES string of the molecule is CCC(O)N1c2ccccc2CC1C. The fraction of sp³-hybridized carbons (Fsp3) is 0.500. The molecule has 0 aromatic heterocycles. The van der Waals surface area contributed by atoms with Crippen molar-refractivity contribution in [2.45, 2.75) is 39.0 Å². The first-order valence-corrected chi connectivity index (χ1v) is 5.28. The van der Waals surface area contributed by atoms with Gasteiger partial charge in [-0.2, -0.15) is 0 Å². The second-order valence-corrected chi connectivity index (χ2v) is 3.98. The van der Waals surface area contributed by atoms with Crippen molar-refractivity contribution in [2.24, 2.45) is 0 Å². The van der Waals surface area contributed by atoms with Gasteiger partial charge < -0.3 is 10.0 Å². The summed E-state index contributed by atoms with van der Waals surface area (Å²) in [4.78, 5) is 2.12. The number of aliphatic hydroxyl groups is 1. The van der Waals surface area contributed by atoms with Crippen LogP contribution in [0.25, 0.3) is 0 Å². The van der Waals surface area contributed by atoms with Crippen LogP contribution in [0, 0.1) is 0 Å². The van der Waals surface area contributed by atoms with Crippen molar-refractivity contribution in [3.63, 3.8) is 0 Å². The summed E-state index contributed by atoms with van der Waals surface area (Å²) in [6.07, 6.45) is 1.49. The number of benzene rings is 1. The molecule has 76 valence electrons. The van der Waals surface area contributed by atoms with Gasteiger partial charge in [-0.25, -0.2) is 0 Å². The van der Waals surface area contributed by atoms with Crippen LogP contribution < -0.4 is 4.90 Å². The molecule has 1 aliphatic heterocycles. The van der Waals surface area contributed by atoms with E-state index in [-0.39, 0.29) is 6.23 Å². The van der Waals surface area contributed by atoms with Crippen molar-refractivity contribution < 1.29 is 5.11 Å². The summed E-state index contributed by atoms with van der Waals surface area (Å²) >= 11 is 0. The minimum atomic E-state index is -0.339. The van der Waals surface area contributed by atoms with Gasteiger partial charge in [0.2, 0.25) is 0 Å². The summed E-state index contributed by atoms with van der Waals surface area (Å²) in [7, 11) is 0. The molecule has 0 aliphatic carbocycles. The zero-order chi connectivity index (χ0) is 10.1. The van der Waals surface area contributed by atoms with Gasteiger partial charge in [-0.05, 0) is 31.4 Å². The van der Waals surface area contributed by atoms with E-state index >= 15 is 0 Å². The lowest BCUT2D eigenvalue weighted by Gasteiger charge is -2.29. The number of para-hydroxylation sites is 1. The van der Waals surface area contributed by atoms with Crippen LogP contribution in [-0.4, -0.2) is 17.4 Å². The van der Waals surface area contributed by atoms with Gasteiger partial charge in [-0.1, -0.05) is 25.1 Å². The van der Waals surface area contributed by atoms with E-state index in [4.69, 9.17) is 0 Å². The van der Waals surface area contributed by atoms with Crippen LogP contribution in [0.4, 0.5) is 5.69 Å². The van der Waals surface area contributed by atoms with Crippen LogP contribution in [0.3, 0.4) is 0 Å². The molecule has 2 rings (SSSR count). The Morgan fingerprint density at radius 3 is 2.93 bits per heavy atom. The maximum atomic E-state index is 9.90. The van der Waals surface area contributed by atoms with Crippen LogP contribution in [0.2, 0.25) is 0 Å². The molecular weight excluding hydrogens is 174 g/mol. The Labute approximate surface area is 85.2 Å². The standard InChI is InChI=1S/C12H17NO/c1-3-12(14)13-9(2)8-10-6-4-5-7-11(10)13/h4-7,9,12,14H,3,8H2,1-2H3. The second kappa shape index (κ2) is 3.62. The van der Waals surface area contributed by atoms with Crippen LogP contribution >= 0.6 is 0 Å². The highest BCUT2D eigenvalue weighted by Gasteiger charge is 2.29. The van der Waals surface area contributed by atoms with E-state index in [0.717, 1.165) is 12.8 Å². The number of fused-ring (bicyclic) bond motifs is 1. The van der Waals surface area contributed by atoms with Gasteiger partial charge in [0, 0.05) is 11.7 Å². The van der Waals surface area contributed by atoms with Crippen molar-refractivity contribution in [3.05, 3.63) is 29.8 Å². The van der Waals surface area contributed by atoms with E-state index in [1.165, 1.54) is 11.3 Å². The number of hydrogen-bond donors (Lipinski definition) is 1. The largest absolute Gasteiger partial charge is 0.374 e.